The van der Waals surface area contributed by atoms with Crippen LogP contribution in [0.3, 0.4) is 0 Å². The highest BCUT2D eigenvalue weighted by atomic mass is 35.5. The van der Waals surface area contributed by atoms with E-state index < -0.39 is 47.8 Å². The van der Waals surface area contributed by atoms with E-state index in [2.05, 4.69) is 17.2 Å². The van der Waals surface area contributed by atoms with Gasteiger partial charge in [0.15, 0.2) is 11.6 Å². The van der Waals surface area contributed by atoms with Crippen LogP contribution in [-0.4, -0.2) is 87.1 Å². The number of methoxy groups -OCH3 is 2. The number of ether oxygens (including phenoxy) is 5. The molecule has 0 radical (unpaired) electrons. The van der Waals surface area contributed by atoms with Gasteiger partial charge in [-0.05, 0) is 58.5 Å². The number of esters is 1. The molecule has 3 N–H and O–H groups in total. The van der Waals surface area contributed by atoms with Gasteiger partial charge in [-0.3, -0.25) is 9.59 Å². The lowest BCUT2D eigenvalue weighted by atomic mass is 9.83. The summed E-state index contributed by atoms with van der Waals surface area (Å²) in [6, 6.07) is 3.07. The number of hydrogen-bond donors (Lipinski definition) is 3. The number of rotatable bonds is 5. The molecule has 0 saturated carbocycles. The molecule has 4 bridgehead atoms. The molecule has 0 aliphatic carbocycles. The van der Waals surface area contributed by atoms with Crippen LogP contribution in [0.25, 0.3) is 0 Å². The van der Waals surface area contributed by atoms with E-state index in [1.807, 2.05) is 45.1 Å². The molecule has 2 fully saturated rings. The Morgan fingerprint density at radius 3 is 2.69 bits per heavy atom. The topological polar surface area (TPSA) is 131 Å². The maximum atomic E-state index is 13.9. The smallest absolute Gasteiger partial charge is 0.323 e. The van der Waals surface area contributed by atoms with E-state index in [0.717, 1.165) is 11.1 Å². The van der Waals surface area contributed by atoms with Crippen LogP contribution in [0.1, 0.15) is 46.1 Å². The van der Waals surface area contributed by atoms with Crippen LogP contribution in [0.4, 0.5) is 5.69 Å². The second kappa shape index (κ2) is 13.7. The lowest BCUT2D eigenvalue weighted by Crippen LogP contribution is -2.60. The maximum absolute atomic E-state index is 13.9. The minimum absolute atomic E-state index is 0.154. The largest absolute Gasteiger partial charge is 0.495 e. The number of allylic oxidation sites excluding steroid dienone is 3. The van der Waals surface area contributed by atoms with Crippen molar-refractivity contribution in [1.82, 2.24) is 10.6 Å². The highest BCUT2D eigenvalue weighted by Gasteiger charge is 2.64. The molecule has 1 unspecified atom stereocenters. The van der Waals surface area contributed by atoms with Gasteiger partial charge in [0, 0.05) is 26.5 Å². The van der Waals surface area contributed by atoms with E-state index in [1.165, 1.54) is 19.1 Å². The maximum Gasteiger partial charge on any atom is 0.323 e. The van der Waals surface area contributed by atoms with Crippen molar-refractivity contribution < 1.29 is 38.4 Å². The quantitative estimate of drug-likeness (QED) is 0.322. The number of aliphatic hydroxyl groups is 1. The Kier molecular flexibility index (Phi) is 10.6. The number of fused-ring (bicyclic) bond motifs is 5. The lowest BCUT2D eigenvalue weighted by molar-refractivity contribution is -0.159. The van der Waals surface area contributed by atoms with E-state index in [-0.39, 0.29) is 35.6 Å². The second-order valence-electron chi connectivity index (χ2n) is 12.4. The predicted molar refractivity (Wildman–Crippen MR) is 171 cm³/mol. The zero-order valence-electron chi connectivity index (χ0n) is 27.3. The number of epoxide rings is 1. The summed E-state index contributed by atoms with van der Waals surface area (Å²) in [5, 5.41) is 17.9. The summed E-state index contributed by atoms with van der Waals surface area (Å²) in [6.45, 7) is 11.3. The zero-order valence-corrected chi connectivity index (χ0v) is 28.1. The number of anilines is 1. The number of carbonyl (C=O) groups is 2. The molecule has 1 aromatic carbocycles. The monoisotopic (exact) mass is 647 g/mol. The summed E-state index contributed by atoms with van der Waals surface area (Å²) in [5.41, 5.74) is -0.204. The molecular formula is C33H46ClN3O8. The third kappa shape index (κ3) is 7.33. The highest BCUT2D eigenvalue weighted by Crippen LogP contribution is 2.49. The Balaban J connectivity index is 1.80. The van der Waals surface area contributed by atoms with Crippen molar-refractivity contribution in [2.24, 2.45) is 5.92 Å². The van der Waals surface area contributed by atoms with E-state index >= 15 is 0 Å². The average molecular weight is 648 g/mol. The van der Waals surface area contributed by atoms with Gasteiger partial charge >= 0.3 is 5.97 Å². The molecule has 3 heterocycles. The van der Waals surface area contributed by atoms with Crippen molar-refractivity contribution in [2.75, 3.05) is 33.2 Å². The van der Waals surface area contributed by atoms with Gasteiger partial charge in [-0.2, -0.15) is 0 Å². The Morgan fingerprint density at radius 1 is 1.33 bits per heavy atom. The van der Waals surface area contributed by atoms with Gasteiger partial charge in [0.1, 0.15) is 40.7 Å². The molecule has 0 aromatic heterocycles. The number of carbonyl (C=O) groups excluding carboxylic acids is 2. The summed E-state index contributed by atoms with van der Waals surface area (Å²) >= 11 is 6.71. The normalized spacial score (nSPS) is 34.8. The number of benzene rings is 1. The molecule has 248 valence electrons. The van der Waals surface area contributed by atoms with Crippen LogP contribution in [0.15, 0.2) is 48.4 Å². The van der Waals surface area contributed by atoms with E-state index in [4.69, 9.17) is 35.3 Å². The summed E-state index contributed by atoms with van der Waals surface area (Å²) in [6.07, 6.45) is 3.41. The van der Waals surface area contributed by atoms with Crippen LogP contribution >= 0.6 is 11.6 Å². The highest BCUT2D eigenvalue weighted by molar-refractivity contribution is 6.35. The molecule has 0 spiro atoms. The molecule has 4 rings (SSSR count). The van der Waals surface area contributed by atoms with E-state index in [1.54, 1.807) is 27.1 Å². The number of halogens is 1. The molecule has 1 aromatic rings. The zero-order chi connectivity index (χ0) is 33.3. The summed E-state index contributed by atoms with van der Waals surface area (Å²) < 4.78 is 29.5. The lowest BCUT2D eigenvalue weighted by Gasteiger charge is -2.44. The Morgan fingerprint density at radius 2 is 2.04 bits per heavy atom. The number of nitrogens with zero attached hydrogens (tertiary/aromatic N) is 1. The number of hydrogen-bond acceptors (Lipinski definition) is 10. The fourth-order valence-corrected chi connectivity index (χ4v) is 6.39. The van der Waals surface area contributed by atoms with E-state index in [9.17, 15) is 14.7 Å². The van der Waals surface area contributed by atoms with Crippen LogP contribution in [-0.2, 0) is 35.0 Å². The van der Waals surface area contributed by atoms with Crippen molar-refractivity contribution in [2.45, 2.75) is 88.7 Å². The van der Waals surface area contributed by atoms with Gasteiger partial charge in [0.25, 0.3) is 0 Å². The van der Waals surface area contributed by atoms with Crippen LogP contribution in [0.5, 0.6) is 5.75 Å². The average Bonchev–Trinajstić information content (AvgIpc) is 3.69. The minimum Gasteiger partial charge on any atom is -0.495 e. The van der Waals surface area contributed by atoms with Crippen molar-refractivity contribution >= 4 is 29.2 Å². The number of likely N-dealkylation sites (N-methyl/N-ethyl adjacent to an activating group) is 1. The van der Waals surface area contributed by atoms with Gasteiger partial charge in [-0.1, -0.05) is 42.3 Å². The Hall–Kier alpha value is -3.09. The number of nitrogens with one attached hydrogen (secondary N) is 2. The first-order valence-corrected chi connectivity index (χ1v) is 15.5. The first kappa shape index (κ1) is 34.8. The van der Waals surface area contributed by atoms with Crippen LogP contribution in [0.2, 0.25) is 5.02 Å². The molecular weight excluding hydrogens is 602 g/mol. The molecule has 1 amide bonds. The molecule has 12 heteroatoms. The third-order valence-electron chi connectivity index (χ3n) is 9.07. The molecule has 11 nitrogen and oxygen atoms in total. The van der Waals surface area contributed by atoms with Gasteiger partial charge in [0.05, 0.1) is 25.3 Å². The van der Waals surface area contributed by atoms with Gasteiger partial charge in [0.2, 0.25) is 5.91 Å². The molecule has 45 heavy (non-hydrogen) atoms. The molecule has 8 atom stereocenters. The van der Waals surface area contributed by atoms with Crippen LogP contribution < -0.4 is 20.3 Å². The molecule has 2 saturated heterocycles. The third-order valence-corrected chi connectivity index (χ3v) is 9.45. The Bertz CT molecular complexity index is 1370. The molecule has 3 aliphatic heterocycles. The van der Waals surface area contributed by atoms with Gasteiger partial charge < -0.3 is 44.3 Å². The fraction of sp³-hybridized carbons (Fsp3) is 0.576. The van der Waals surface area contributed by atoms with Crippen molar-refractivity contribution in [1.29, 1.82) is 0 Å². The fourth-order valence-electron chi connectivity index (χ4n) is 6.08. The predicted octanol–water partition coefficient (Wildman–Crippen LogP) is 3.63. The van der Waals surface area contributed by atoms with Crippen LogP contribution in [0, 0.1) is 5.92 Å². The first-order chi connectivity index (χ1) is 21.2. The number of amides is 1. The minimum atomic E-state index is -1.53. The van der Waals surface area contributed by atoms with Crippen molar-refractivity contribution in [3.63, 3.8) is 0 Å². The second-order valence-corrected chi connectivity index (χ2v) is 12.7. The summed E-state index contributed by atoms with van der Waals surface area (Å²) in [7, 11) is 6.33. The van der Waals surface area contributed by atoms with Crippen molar-refractivity contribution in [3.05, 3.63) is 59.0 Å². The standard InChI is InChI=1S/C33H46ClN3O8/c1-18-11-10-12-26(42-9)33(40)17-25(43-21(4)36-33)19(2)30-32(5,45-30)27(44-31(39)20(3)35-6)16-28(38)37(7)23-14-22(13-18)15-24(41-8)29(23)34/h10-12,14-15,19-20,25-27,30,35-36,40H,4,13,16-17H2,1-3,5-9H3/b12-10+,18-11+/t19-,20+,25+,26-,27+,30?,32+,33+/m1/s1. The SMILES string of the molecule is C=C1N[C@]2(O)C[C@H](O1)[C@@H](C)C1O[C@@]1(C)[C@@H](OC(=O)[C@H](C)NC)CC(=O)N(C)c1cc(cc(OC)c1Cl)C/C(C)=C/C=C/[C@H]2OC. The first-order valence-electron chi connectivity index (χ1n) is 15.1. The Labute approximate surface area is 270 Å². The van der Waals surface area contributed by atoms with Gasteiger partial charge in [-0.25, -0.2) is 0 Å². The van der Waals surface area contributed by atoms with Gasteiger partial charge in [-0.15, -0.1) is 0 Å². The van der Waals surface area contributed by atoms with E-state index in [0.29, 0.717) is 17.9 Å². The summed E-state index contributed by atoms with van der Waals surface area (Å²) in [5.74, 6) is -0.512. The molecule has 3 aliphatic rings. The van der Waals surface area contributed by atoms with Crippen molar-refractivity contribution in [3.8, 4) is 5.75 Å². The summed E-state index contributed by atoms with van der Waals surface area (Å²) in [4.78, 5) is 28.3.